The summed E-state index contributed by atoms with van der Waals surface area (Å²) in [4.78, 5) is 22.2. The summed E-state index contributed by atoms with van der Waals surface area (Å²) >= 11 is 5.04. The Labute approximate surface area is 148 Å². The summed E-state index contributed by atoms with van der Waals surface area (Å²) in [5.74, 6) is 0.436. The summed E-state index contributed by atoms with van der Waals surface area (Å²) in [7, 11) is 1.42. The van der Waals surface area contributed by atoms with Crippen LogP contribution < -0.4 is 20.1 Å². The van der Waals surface area contributed by atoms with E-state index in [1.54, 1.807) is 24.3 Å². The molecule has 0 aliphatic carbocycles. The van der Waals surface area contributed by atoms with E-state index < -0.39 is 10.8 Å². The van der Waals surface area contributed by atoms with E-state index in [0.29, 0.717) is 11.5 Å². The Morgan fingerprint density at radius 1 is 1.24 bits per heavy atom. The van der Waals surface area contributed by atoms with Gasteiger partial charge in [-0.05, 0) is 30.4 Å². The standard InChI is InChI=1S/C16H15N3O5S/c1-23-14-8-7-11(19(21)22)9-13(14)17-16(25)18-15(20)10-24-12-5-3-2-4-6-12/h2-9H,10H2,1H3,(H2,17,18,20,25). The predicted octanol–water partition coefficient (Wildman–Crippen LogP) is 2.50. The van der Waals surface area contributed by atoms with E-state index in [9.17, 15) is 14.9 Å². The van der Waals surface area contributed by atoms with Crippen LogP contribution in [0.5, 0.6) is 11.5 Å². The summed E-state index contributed by atoms with van der Waals surface area (Å²) < 4.78 is 10.4. The van der Waals surface area contributed by atoms with Crippen LogP contribution >= 0.6 is 12.2 Å². The number of carbonyl (C=O) groups is 1. The van der Waals surface area contributed by atoms with Crippen LogP contribution in [0.1, 0.15) is 0 Å². The van der Waals surface area contributed by atoms with Gasteiger partial charge in [0.15, 0.2) is 11.7 Å². The molecule has 0 saturated heterocycles. The first-order valence-electron chi connectivity index (χ1n) is 7.10. The molecule has 0 saturated carbocycles. The molecule has 2 aromatic rings. The van der Waals surface area contributed by atoms with Gasteiger partial charge in [0.2, 0.25) is 0 Å². The Hall–Kier alpha value is -3.20. The largest absolute Gasteiger partial charge is 0.495 e. The molecule has 0 spiro atoms. The van der Waals surface area contributed by atoms with Gasteiger partial charge < -0.3 is 14.8 Å². The van der Waals surface area contributed by atoms with Gasteiger partial charge in [-0.3, -0.25) is 20.2 Å². The minimum atomic E-state index is -0.542. The fourth-order valence-electron chi connectivity index (χ4n) is 1.89. The van der Waals surface area contributed by atoms with Crippen LogP contribution in [0.15, 0.2) is 48.5 Å². The van der Waals surface area contributed by atoms with Crippen molar-refractivity contribution < 1.29 is 19.2 Å². The van der Waals surface area contributed by atoms with Gasteiger partial charge in [-0.25, -0.2) is 0 Å². The molecule has 0 aliphatic rings. The molecule has 8 nitrogen and oxygen atoms in total. The number of nitrogens with one attached hydrogen (secondary N) is 2. The molecule has 2 rings (SSSR count). The van der Waals surface area contributed by atoms with Gasteiger partial charge in [0, 0.05) is 12.1 Å². The van der Waals surface area contributed by atoms with Gasteiger partial charge in [-0.2, -0.15) is 0 Å². The molecule has 0 fully saturated rings. The van der Waals surface area contributed by atoms with E-state index in [-0.39, 0.29) is 23.1 Å². The van der Waals surface area contributed by atoms with E-state index in [1.807, 2.05) is 6.07 Å². The average Bonchev–Trinajstić information content (AvgIpc) is 2.60. The van der Waals surface area contributed by atoms with E-state index in [4.69, 9.17) is 21.7 Å². The lowest BCUT2D eigenvalue weighted by Crippen LogP contribution is -2.37. The van der Waals surface area contributed by atoms with Crippen molar-refractivity contribution in [2.75, 3.05) is 19.0 Å². The molecule has 0 aromatic heterocycles. The van der Waals surface area contributed by atoms with Crippen molar-refractivity contribution in [2.24, 2.45) is 0 Å². The van der Waals surface area contributed by atoms with E-state index in [1.165, 1.54) is 25.3 Å². The Kier molecular flexibility index (Phi) is 6.24. The van der Waals surface area contributed by atoms with Crippen LogP contribution in [0, 0.1) is 10.1 Å². The monoisotopic (exact) mass is 361 g/mol. The number of para-hydroxylation sites is 1. The maximum Gasteiger partial charge on any atom is 0.271 e. The first kappa shape index (κ1) is 18.1. The quantitative estimate of drug-likeness (QED) is 0.463. The maximum atomic E-state index is 11.8. The highest BCUT2D eigenvalue weighted by Gasteiger charge is 2.13. The minimum Gasteiger partial charge on any atom is -0.495 e. The normalized spacial score (nSPS) is 9.80. The van der Waals surface area contributed by atoms with Gasteiger partial charge in [-0.15, -0.1) is 0 Å². The van der Waals surface area contributed by atoms with Crippen LogP contribution in [0.2, 0.25) is 0 Å². The third-order valence-electron chi connectivity index (χ3n) is 3.01. The van der Waals surface area contributed by atoms with Crippen LogP contribution in [0.3, 0.4) is 0 Å². The number of hydrogen-bond donors (Lipinski definition) is 2. The van der Waals surface area contributed by atoms with E-state index in [0.717, 1.165) is 0 Å². The number of benzene rings is 2. The summed E-state index contributed by atoms with van der Waals surface area (Å²) in [6.07, 6.45) is 0. The zero-order chi connectivity index (χ0) is 18.2. The number of thiocarbonyl (C=S) groups is 1. The van der Waals surface area contributed by atoms with Crippen LogP contribution in [0.4, 0.5) is 11.4 Å². The first-order chi connectivity index (χ1) is 12.0. The molecule has 0 aliphatic heterocycles. The van der Waals surface area contributed by atoms with Gasteiger partial charge >= 0.3 is 0 Å². The van der Waals surface area contributed by atoms with Crippen LogP contribution in [-0.2, 0) is 4.79 Å². The second kappa shape index (κ2) is 8.60. The fraction of sp³-hybridized carbons (Fsp3) is 0.125. The van der Waals surface area contributed by atoms with Crippen molar-refractivity contribution >= 4 is 34.6 Å². The molecule has 0 heterocycles. The zero-order valence-corrected chi connectivity index (χ0v) is 14.0. The third kappa shape index (κ3) is 5.43. The Balaban J connectivity index is 1.94. The fourth-order valence-corrected chi connectivity index (χ4v) is 2.11. The maximum absolute atomic E-state index is 11.8. The zero-order valence-electron chi connectivity index (χ0n) is 13.2. The molecule has 25 heavy (non-hydrogen) atoms. The van der Waals surface area contributed by atoms with Crippen molar-refractivity contribution in [1.82, 2.24) is 5.32 Å². The summed E-state index contributed by atoms with van der Waals surface area (Å²) in [6, 6.07) is 12.8. The van der Waals surface area contributed by atoms with Gasteiger partial charge in [-0.1, -0.05) is 18.2 Å². The number of hydrogen-bond acceptors (Lipinski definition) is 6. The lowest BCUT2D eigenvalue weighted by molar-refractivity contribution is -0.384. The topological polar surface area (TPSA) is 103 Å². The average molecular weight is 361 g/mol. The number of ether oxygens (including phenoxy) is 2. The van der Waals surface area contributed by atoms with Crippen molar-refractivity contribution in [3.8, 4) is 11.5 Å². The number of nitrogens with zero attached hydrogens (tertiary/aromatic N) is 1. The predicted molar refractivity (Wildman–Crippen MR) is 95.9 cm³/mol. The van der Waals surface area contributed by atoms with Gasteiger partial charge in [0.25, 0.3) is 11.6 Å². The minimum absolute atomic E-state index is 0.0274. The molecule has 9 heteroatoms. The van der Waals surface area contributed by atoms with Gasteiger partial charge in [0.05, 0.1) is 17.7 Å². The van der Waals surface area contributed by atoms with Crippen molar-refractivity contribution in [3.63, 3.8) is 0 Å². The highest BCUT2D eigenvalue weighted by atomic mass is 32.1. The number of rotatable bonds is 6. The number of nitro groups is 1. The summed E-state index contributed by atoms with van der Waals surface area (Å²) in [6.45, 7) is -0.224. The highest BCUT2D eigenvalue weighted by Crippen LogP contribution is 2.28. The second-order valence-electron chi connectivity index (χ2n) is 4.75. The smallest absolute Gasteiger partial charge is 0.271 e. The second-order valence-corrected chi connectivity index (χ2v) is 5.15. The van der Waals surface area contributed by atoms with E-state index in [2.05, 4.69) is 10.6 Å². The molecule has 2 N–H and O–H groups in total. The van der Waals surface area contributed by atoms with Crippen LogP contribution in [0.25, 0.3) is 0 Å². The SMILES string of the molecule is COc1ccc([N+](=O)[O-])cc1NC(=S)NC(=O)COc1ccccc1. The molecule has 0 atom stereocenters. The third-order valence-corrected chi connectivity index (χ3v) is 3.21. The number of amides is 1. The highest BCUT2D eigenvalue weighted by molar-refractivity contribution is 7.80. The molecule has 0 unspecified atom stereocenters. The number of carbonyl (C=O) groups excluding carboxylic acids is 1. The molecule has 1 amide bonds. The molecular formula is C16H15N3O5S. The first-order valence-corrected chi connectivity index (χ1v) is 7.51. The lowest BCUT2D eigenvalue weighted by atomic mass is 10.2. The Morgan fingerprint density at radius 3 is 2.60 bits per heavy atom. The molecule has 0 bridgehead atoms. The molecule has 2 aromatic carbocycles. The number of methoxy groups -OCH3 is 1. The summed E-state index contributed by atoms with van der Waals surface area (Å²) in [5.41, 5.74) is 0.135. The Morgan fingerprint density at radius 2 is 1.96 bits per heavy atom. The van der Waals surface area contributed by atoms with Crippen molar-refractivity contribution in [2.45, 2.75) is 0 Å². The molecule has 0 radical (unpaired) electrons. The van der Waals surface area contributed by atoms with Crippen molar-refractivity contribution in [3.05, 3.63) is 58.6 Å². The molecule has 130 valence electrons. The van der Waals surface area contributed by atoms with Crippen molar-refractivity contribution in [1.29, 1.82) is 0 Å². The van der Waals surface area contributed by atoms with Gasteiger partial charge in [0.1, 0.15) is 11.5 Å². The number of non-ortho nitro benzene ring substituents is 1. The number of nitro benzene ring substituents is 1. The Bertz CT molecular complexity index is 783. The molecular weight excluding hydrogens is 346 g/mol. The number of anilines is 1. The lowest BCUT2D eigenvalue weighted by Gasteiger charge is -2.13. The summed E-state index contributed by atoms with van der Waals surface area (Å²) in [5, 5.41) is 16.0. The van der Waals surface area contributed by atoms with E-state index >= 15 is 0 Å². The van der Waals surface area contributed by atoms with Crippen LogP contribution in [-0.4, -0.2) is 29.7 Å².